The molecule has 0 fully saturated rings. The summed E-state index contributed by atoms with van der Waals surface area (Å²) in [5.41, 5.74) is 23.6. The molecule has 0 saturated heterocycles. The van der Waals surface area contributed by atoms with Crippen LogP contribution in [0.15, 0.2) is 212 Å². The smallest absolute Gasteiger partial charge is 0.0468 e. The van der Waals surface area contributed by atoms with Crippen molar-refractivity contribution in [3.8, 4) is 66.8 Å². The van der Waals surface area contributed by atoms with Gasteiger partial charge in [0, 0.05) is 27.9 Å². The van der Waals surface area contributed by atoms with E-state index in [1.54, 1.807) is 0 Å². The van der Waals surface area contributed by atoms with E-state index in [2.05, 4.69) is 245 Å². The van der Waals surface area contributed by atoms with Gasteiger partial charge in [-0.25, -0.2) is 0 Å². The highest BCUT2D eigenvalue weighted by atomic mass is 15.1. The molecule has 1 nitrogen and oxygen atoms in total. The molecule has 0 saturated carbocycles. The van der Waals surface area contributed by atoms with E-state index in [0.29, 0.717) is 0 Å². The van der Waals surface area contributed by atoms with Crippen molar-refractivity contribution in [1.82, 2.24) is 0 Å². The van der Waals surface area contributed by atoms with Crippen molar-refractivity contribution in [2.75, 3.05) is 4.90 Å². The Kier molecular flexibility index (Phi) is 8.58. The SMILES string of the molecule is CC1(C)c2ccccc2-c2ccc(N(c3ccc(-c4ccc(-c5ccccc5)cc4)c(-c4ccc(-c5ccccc5)cc4)c3)c3ccc4c(c3)C(C)(C)c3ccccc3-4)cc21. The van der Waals surface area contributed by atoms with Gasteiger partial charge in [0.15, 0.2) is 0 Å². The molecule has 0 unspecified atom stereocenters. The van der Waals surface area contributed by atoms with E-state index in [-0.39, 0.29) is 10.8 Å². The number of benzene rings is 9. The standard InChI is InChI=1S/C60H47N/c1-59(2)55-21-13-11-19-50(55)52-35-32-47(38-57(52)59)61(48-33-36-53-51-20-12-14-22-56(51)60(3,4)58(53)39-48)46-31-34-49(44-27-23-42(24-28-44)40-15-7-5-8-16-40)54(37-46)45-29-25-43(26-30-45)41-17-9-6-10-18-41/h5-39H,1-4H3. The van der Waals surface area contributed by atoms with Crippen molar-refractivity contribution < 1.29 is 0 Å². The molecule has 0 bridgehead atoms. The second-order valence-corrected chi connectivity index (χ2v) is 17.8. The van der Waals surface area contributed by atoms with Crippen LogP contribution in [0.3, 0.4) is 0 Å². The number of anilines is 3. The van der Waals surface area contributed by atoms with E-state index < -0.39 is 0 Å². The van der Waals surface area contributed by atoms with Gasteiger partial charge in [0.1, 0.15) is 0 Å². The fourth-order valence-electron chi connectivity index (χ4n) is 10.2. The van der Waals surface area contributed by atoms with E-state index >= 15 is 0 Å². The van der Waals surface area contributed by atoms with E-state index in [4.69, 9.17) is 0 Å². The van der Waals surface area contributed by atoms with Crippen LogP contribution in [0.4, 0.5) is 17.1 Å². The van der Waals surface area contributed by atoms with Crippen LogP contribution in [0.1, 0.15) is 49.9 Å². The van der Waals surface area contributed by atoms with E-state index in [0.717, 1.165) is 17.1 Å². The van der Waals surface area contributed by atoms with Crippen LogP contribution in [0.25, 0.3) is 66.8 Å². The molecule has 0 atom stereocenters. The average molecular weight is 782 g/mol. The number of rotatable bonds is 7. The maximum Gasteiger partial charge on any atom is 0.0468 e. The van der Waals surface area contributed by atoms with E-state index in [1.807, 2.05) is 0 Å². The molecule has 9 aromatic rings. The summed E-state index contributed by atoms with van der Waals surface area (Å²) >= 11 is 0. The lowest BCUT2D eigenvalue weighted by molar-refractivity contribution is 0.660. The summed E-state index contributed by atoms with van der Waals surface area (Å²) in [6.07, 6.45) is 0. The molecule has 9 aromatic carbocycles. The summed E-state index contributed by atoms with van der Waals surface area (Å²) in [6, 6.07) is 78.6. The molecule has 0 radical (unpaired) electrons. The highest BCUT2D eigenvalue weighted by molar-refractivity contribution is 5.92. The molecule has 292 valence electrons. The van der Waals surface area contributed by atoms with Gasteiger partial charge in [-0.2, -0.15) is 0 Å². The first-order chi connectivity index (χ1) is 29.8. The maximum atomic E-state index is 2.49. The molecule has 11 rings (SSSR count). The Morgan fingerprint density at radius 3 is 1.03 bits per heavy atom. The Morgan fingerprint density at radius 2 is 0.574 bits per heavy atom. The number of fused-ring (bicyclic) bond motifs is 6. The second kappa shape index (κ2) is 14.2. The first-order valence-corrected chi connectivity index (χ1v) is 21.5. The Bertz CT molecular complexity index is 2990. The average Bonchev–Trinajstić information content (AvgIpc) is 3.68. The first kappa shape index (κ1) is 36.8. The van der Waals surface area contributed by atoms with Crippen LogP contribution in [-0.4, -0.2) is 0 Å². The van der Waals surface area contributed by atoms with Gasteiger partial charge >= 0.3 is 0 Å². The molecule has 2 aliphatic rings. The van der Waals surface area contributed by atoms with Crippen LogP contribution in [0.5, 0.6) is 0 Å². The molecule has 0 spiro atoms. The molecule has 2 aliphatic carbocycles. The van der Waals surface area contributed by atoms with Crippen LogP contribution < -0.4 is 4.90 Å². The van der Waals surface area contributed by atoms with Gasteiger partial charge in [-0.1, -0.05) is 204 Å². The summed E-state index contributed by atoms with van der Waals surface area (Å²) in [4.78, 5) is 2.49. The van der Waals surface area contributed by atoms with Gasteiger partial charge in [0.25, 0.3) is 0 Å². The highest BCUT2D eigenvalue weighted by Crippen LogP contribution is 2.53. The van der Waals surface area contributed by atoms with Gasteiger partial charge in [-0.05, 0) is 125 Å². The van der Waals surface area contributed by atoms with Gasteiger partial charge in [0.2, 0.25) is 0 Å². The monoisotopic (exact) mass is 781 g/mol. The minimum absolute atomic E-state index is 0.128. The predicted octanol–water partition coefficient (Wildman–Crippen LogP) is 16.4. The van der Waals surface area contributed by atoms with Crippen molar-refractivity contribution in [1.29, 1.82) is 0 Å². The van der Waals surface area contributed by atoms with Crippen LogP contribution in [0.2, 0.25) is 0 Å². The van der Waals surface area contributed by atoms with Crippen molar-refractivity contribution in [3.63, 3.8) is 0 Å². The largest absolute Gasteiger partial charge is 0.310 e. The molecule has 0 N–H and O–H groups in total. The fraction of sp³-hybridized carbons (Fsp3) is 0.100. The predicted molar refractivity (Wildman–Crippen MR) is 258 cm³/mol. The zero-order chi connectivity index (χ0) is 41.3. The topological polar surface area (TPSA) is 3.24 Å². The van der Waals surface area contributed by atoms with Crippen molar-refractivity contribution in [3.05, 3.63) is 235 Å². The summed E-state index contributed by atoms with van der Waals surface area (Å²) < 4.78 is 0. The quantitative estimate of drug-likeness (QED) is 0.156. The molecule has 1 heteroatoms. The number of hydrogen-bond acceptors (Lipinski definition) is 1. The van der Waals surface area contributed by atoms with Gasteiger partial charge in [-0.15, -0.1) is 0 Å². The van der Waals surface area contributed by atoms with E-state index in [9.17, 15) is 0 Å². The summed E-state index contributed by atoms with van der Waals surface area (Å²) in [5.74, 6) is 0. The summed E-state index contributed by atoms with van der Waals surface area (Å²) in [5, 5.41) is 0. The van der Waals surface area contributed by atoms with Crippen molar-refractivity contribution in [2.45, 2.75) is 38.5 Å². The zero-order valence-electron chi connectivity index (χ0n) is 35.2. The lowest BCUT2D eigenvalue weighted by atomic mass is 9.82. The van der Waals surface area contributed by atoms with Crippen LogP contribution >= 0.6 is 0 Å². The zero-order valence-corrected chi connectivity index (χ0v) is 35.2. The minimum atomic E-state index is -0.128. The minimum Gasteiger partial charge on any atom is -0.310 e. The Morgan fingerprint density at radius 1 is 0.246 bits per heavy atom. The lowest BCUT2D eigenvalue weighted by Crippen LogP contribution is -2.18. The third kappa shape index (κ3) is 6.07. The van der Waals surface area contributed by atoms with Gasteiger partial charge in [0.05, 0.1) is 0 Å². The molecule has 0 heterocycles. The molecule has 61 heavy (non-hydrogen) atoms. The summed E-state index contributed by atoms with van der Waals surface area (Å²) in [7, 11) is 0. The second-order valence-electron chi connectivity index (χ2n) is 17.8. The number of nitrogens with zero attached hydrogens (tertiary/aromatic N) is 1. The van der Waals surface area contributed by atoms with Crippen molar-refractivity contribution in [2.24, 2.45) is 0 Å². The van der Waals surface area contributed by atoms with Crippen molar-refractivity contribution >= 4 is 17.1 Å². The Balaban J connectivity index is 1.10. The Hall–Kier alpha value is -7.22. The normalized spacial score (nSPS) is 13.8. The Labute approximate surface area is 360 Å². The fourth-order valence-corrected chi connectivity index (χ4v) is 10.2. The molecular formula is C60H47N. The third-order valence-electron chi connectivity index (χ3n) is 13.5. The molecular weight excluding hydrogens is 735 g/mol. The number of hydrogen-bond donors (Lipinski definition) is 0. The molecule has 0 aromatic heterocycles. The molecule has 0 aliphatic heterocycles. The molecule has 0 amide bonds. The first-order valence-electron chi connectivity index (χ1n) is 21.5. The van der Waals surface area contributed by atoms with Crippen LogP contribution in [0, 0.1) is 0 Å². The maximum absolute atomic E-state index is 2.49. The third-order valence-corrected chi connectivity index (χ3v) is 13.5. The van der Waals surface area contributed by atoms with E-state index in [1.165, 1.54) is 89.0 Å². The lowest BCUT2D eigenvalue weighted by Gasteiger charge is -2.30. The highest BCUT2D eigenvalue weighted by Gasteiger charge is 2.37. The van der Waals surface area contributed by atoms with Crippen LogP contribution in [-0.2, 0) is 10.8 Å². The van der Waals surface area contributed by atoms with Gasteiger partial charge < -0.3 is 4.90 Å². The van der Waals surface area contributed by atoms with Gasteiger partial charge in [-0.3, -0.25) is 0 Å². The summed E-state index contributed by atoms with van der Waals surface area (Å²) in [6.45, 7) is 9.48.